The van der Waals surface area contributed by atoms with E-state index in [9.17, 15) is 9.59 Å². The summed E-state index contributed by atoms with van der Waals surface area (Å²) in [6.07, 6.45) is 0. The lowest BCUT2D eigenvalue weighted by Crippen LogP contribution is -2.14. The number of nitrogens with zero attached hydrogens (tertiary/aromatic N) is 1. The smallest absolute Gasteiger partial charge is 0.346 e. The van der Waals surface area contributed by atoms with Gasteiger partial charge in [-0.15, -0.1) is 0 Å². The molecule has 0 spiro atoms. The first-order chi connectivity index (χ1) is 12.9. The van der Waals surface area contributed by atoms with Crippen LogP contribution in [0.5, 0.6) is 0 Å². The molecule has 0 fully saturated rings. The molecule has 0 saturated carbocycles. The van der Waals surface area contributed by atoms with Crippen LogP contribution in [0.15, 0.2) is 57.7 Å². The molecule has 0 aliphatic carbocycles. The van der Waals surface area contributed by atoms with E-state index in [2.05, 4.69) is 10.3 Å². The zero-order valence-electron chi connectivity index (χ0n) is 15.3. The number of aryl methyl sites for hydroxylation is 3. The van der Waals surface area contributed by atoms with Crippen molar-refractivity contribution < 1.29 is 9.21 Å². The van der Waals surface area contributed by atoms with Crippen LogP contribution in [-0.4, -0.2) is 10.9 Å². The van der Waals surface area contributed by atoms with Gasteiger partial charge < -0.3 is 9.73 Å². The number of para-hydroxylation sites is 1. The quantitative estimate of drug-likeness (QED) is 0.422. The molecule has 4 aromatic rings. The van der Waals surface area contributed by atoms with Gasteiger partial charge in [0.05, 0.1) is 10.9 Å². The van der Waals surface area contributed by atoms with E-state index in [1.165, 1.54) is 0 Å². The van der Waals surface area contributed by atoms with Crippen LogP contribution in [0.1, 0.15) is 27.0 Å². The number of carbonyl (C=O) groups excluding carboxylic acids is 1. The van der Waals surface area contributed by atoms with Gasteiger partial charge in [0.2, 0.25) is 0 Å². The van der Waals surface area contributed by atoms with E-state index in [1.54, 1.807) is 31.2 Å². The van der Waals surface area contributed by atoms with Crippen LogP contribution in [0.2, 0.25) is 0 Å². The maximum absolute atomic E-state index is 12.6. The first-order valence-corrected chi connectivity index (χ1v) is 8.66. The van der Waals surface area contributed by atoms with E-state index in [1.807, 2.05) is 38.1 Å². The topological polar surface area (TPSA) is 72.2 Å². The van der Waals surface area contributed by atoms with Gasteiger partial charge in [-0.05, 0) is 67.8 Å². The second kappa shape index (κ2) is 6.36. The van der Waals surface area contributed by atoms with Crippen molar-refractivity contribution in [2.24, 2.45) is 0 Å². The third kappa shape index (κ3) is 2.97. The molecule has 5 heteroatoms. The summed E-state index contributed by atoms with van der Waals surface area (Å²) in [5.74, 6) is 0.163. The molecular formula is C22H18N2O3. The highest BCUT2D eigenvalue weighted by atomic mass is 16.4. The zero-order valence-corrected chi connectivity index (χ0v) is 15.3. The lowest BCUT2D eigenvalue weighted by atomic mass is 10.1. The third-order valence-electron chi connectivity index (χ3n) is 4.78. The summed E-state index contributed by atoms with van der Waals surface area (Å²) in [7, 11) is 0. The van der Waals surface area contributed by atoms with Gasteiger partial charge in [-0.25, -0.2) is 9.78 Å². The van der Waals surface area contributed by atoms with Crippen molar-refractivity contribution >= 4 is 33.6 Å². The van der Waals surface area contributed by atoms with Crippen LogP contribution in [0.25, 0.3) is 21.9 Å². The summed E-state index contributed by atoms with van der Waals surface area (Å²) in [5.41, 5.74) is 4.01. The molecule has 2 aromatic heterocycles. The normalized spacial score (nSPS) is 11.1. The molecule has 2 heterocycles. The summed E-state index contributed by atoms with van der Waals surface area (Å²) in [5, 5.41) is 4.00. The SMILES string of the molecule is Cc1ccc(C(=O)Nc2cc(C)c3c(=O)oc4ccccc4c3n2)cc1C. The number of hydrogen-bond acceptors (Lipinski definition) is 4. The molecule has 1 amide bonds. The van der Waals surface area contributed by atoms with E-state index in [0.717, 1.165) is 16.5 Å². The van der Waals surface area contributed by atoms with Gasteiger partial charge >= 0.3 is 5.63 Å². The van der Waals surface area contributed by atoms with E-state index in [-0.39, 0.29) is 5.91 Å². The number of aromatic nitrogens is 1. The predicted octanol–water partition coefficient (Wildman–Crippen LogP) is 4.52. The van der Waals surface area contributed by atoms with Crippen LogP contribution in [0.4, 0.5) is 5.82 Å². The second-order valence-electron chi connectivity index (χ2n) is 6.69. The van der Waals surface area contributed by atoms with E-state index < -0.39 is 5.63 Å². The average Bonchev–Trinajstić information content (AvgIpc) is 2.63. The maximum Gasteiger partial charge on any atom is 0.346 e. The highest BCUT2D eigenvalue weighted by Gasteiger charge is 2.14. The summed E-state index contributed by atoms with van der Waals surface area (Å²) in [6.45, 7) is 5.78. The molecule has 0 radical (unpaired) electrons. The number of benzene rings is 2. The van der Waals surface area contributed by atoms with Crippen molar-refractivity contribution in [1.29, 1.82) is 0 Å². The molecule has 0 bridgehead atoms. The van der Waals surface area contributed by atoms with Crippen LogP contribution in [0, 0.1) is 20.8 Å². The van der Waals surface area contributed by atoms with E-state index in [4.69, 9.17) is 4.42 Å². The summed E-state index contributed by atoms with van der Waals surface area (Å²) in [4.78, 5) is 29.5. The van der Waals surface area contributed by atoms with E-state index >= 15 is 0 Å². The standard InChI is InChI=1S/C22H18N2O3/c1-12-8-9-15(10-13(12)2)21(25)24-18-11-14(3)19-20(23-18)16-6-4-5-7-17(16)27-22(19)26/h4-11H,1-3H3,(H,23,24,25). The van der Waals surface area contributed by atoms with Crippen molar-refractivity contribution in [1.82, 2.24) is 4.98 Å². The zero-order chi connectivity index (χ0) is 19.1. The van der Waals surface area contributed by atoms with Crippen molar-refractivity contribution in [2.75, 3.05) is 5.32 Å². The fourth-order valence-electron chi connectivity index (χ4n) is 3.16. The number of hydrogen-bond donors (Lipinski definition) is 1. The fraction of sp³-hybridized carbons (Fsp3) is 0.136. The molecule has 134 valence electrons. The van der Waals surface area contributed by atoms with Gasteiger partial charge in [-0.2, -0.15) is 0 Å². The molecule has 0 aliphatic heterocycles. The number of anilines is 1. The van der Waals surface area contributed by atoms with Gasteiger partial charge in [-0.1, -0.05) is 18.2 Å². The van der Waals surface area contributed by atoms with Crippen molar-refractivity contribution in [3.63, 3.8) is 0 Å². The molecule has 0 saturated heterocycles. The van der Waals surface area contributed by atoms with Crippen LogP contribution < -0.4 is 10.9 Å². The highest BCUT2D eigenvalue weighted by Crippen LogP contribution is 2.25. The summed E-state index contributed by atoms with van der Waals surface area (Å²) < 4.78 is 5.39. The first-order valence-electron chi connectivity index (χ1n) is 8.66. The molecule has 0 aliphatic rings. The maximum atomic E-state index is 12.6. The second-order valence-corrected chi connectivity index (χ2v) is 6.69. The molecule has 0 atom stereocenters. The Bertz CT molecular complexity index is 1270. The van der Waals surface area contributed by atoms with Crippen molar-refractivity contribution in [3.05, 3.63) is 81.2 Å². The molecule has 2 aromatic carbocycles. The lowest BCUT2D eigenvalue weighted by molar-refractivity contribution is 0.102. The van der Waals surface area contributed by atoms with Crippen molar-refractivity contribution in [2.45, 2.75) is 20.8 Å². The Morgan fingerprint density at radius 1 is 0.963 bits per heavy atom. The van der Waals surface area contributed by atoms with Gasteiger partial charge in [0.15, 0.2) is 0 Å². The van der Waals surface area contributed by atoms with Gasteiger partial charge in [-0.3, -0.25) is 4.79 Å². The average molecular weight is 358 g/mol. The van der Waals surface area contributed by atoms with Gasteiger partial charge in [0.1, 0.15) is 11.4 Å². The van der Waals surface area contributed by atoms with E-state index in [0.29, 0.717) is 33.4 Å². The molecule has 4 rings (SSSR count). The Hall–Kier alpha value is -3.47. The number of amides is 1. The minimum atomic E-state index is -0.430. The fourth-order valence-corrected chi connectivity index (χ4v) is 3.16. The number of nitrogens with one attached hydrogen (secondary N) is 1. The van der Waals surface area contributed by atoms with Gasteiger partial charge in [0.25, 0.3) is 5.91 Å². The first kappa shape index (κ1) is 17.0. The number of carbonyl (C=O) groups is 1. The predicted molar refractivity (Wildman–Crippen MR) is 106 cm³/mol. The van der Waals surface area contributed by atoms with Gasteiger partial charge in [0, 0.05) is 10.9 Å². The monoisotopic (exact) mass is 358 g/mol. The Labute approximate surface area is 155 Å². The number of rotatable bonds is 2. The minimum Gasteiger partial charge on any atom is -0.422 e. The highest BCUT2D eigenvalue weighted by molar-refractivity contribution is 6.07. The molecule has 0 unspecified atom stereocenters. The molecule has 1 N–H and O–H groups in total. The van der Waals surface area contributed by atoms with Crippen LogP contribution >= 0.6 is 0 Å². The largest absolute Gasteiger partial charge is 0.422 e. The minimum absolute atomic E-state index is 0.239. The number of fused-ring (bicyclic) bond motifs is 3. The lowest BCUT2D eigenvalue weighted by Gasteiger charge is -2.10. The molecule has 27 heavy (non-hydrogen) atoms. The van der Waals surface area contributed by atoms with Crippen LogP contribution in [-0.2, 0) is 0 Å². The number of pyridine rings is 1. The summed E-state index contributed by atoms with van der Waals surface area (Å²) in [6, 6.07) is 14.5. The molecular weight excluding hydrogens is 340 g/mol. The Kier molecular flexibility index (Phi) is 4.00. The Balaban J connectivity index is 1.83. The third-order valence-corrected chi connectivity index (χ3v) is 4.78. The van der Waals surface area contributed by atoms with Crippen molar-refractivity contribution in [3.8, 4) is 0 Å². The van der Waals surface area contributed by atoms with Crippen LogP contribution in [0.3, 0.4) is 0 Å². The Morgan fingerprint density at radius 2 is 1.74 bits per heavy atom. The summed E-state index contributed by atoms with van der Waals surface area (Å²) >= 11 is 0. The Morgan fingerprint density at radius 3 is 2.52 bits per heavy atom. The molecule has 5 nitrogen and oxygen atoms in total.